The zero-order valence-corrected chi connectivity index (χ0v) is 14.0. The van der Waals surface area contributed by atoms with Crippen LogP contribution in [0.1, 0.15) is 31.8 Å². The van der Waals surface area contributed by atoms with E-state index in [0.717, 1.165) is 0 Å². The van der Waals surface area contributed by atoms with Gasteiger partial charge in [0.2, 0.25) is 0 Å². The number of carboxylic acids is 1. The Morgan fingerprint density at radius 3 is 1.60 bits per heavy atom. The van der Waals surface area contributed by atoms with Crippen molar-refractivity contribution in [3.05, 3.63) is 70.8 Å². The van der Waals surface area contributed by atoms with E-state index in [4.69, 9.17) is 0 Å². The highest BCUT2D eigenvalue weighted by Crippen LogP contribution is 2.18. The van der Waals surface area contributed by atoms with E-state index in [1.54, 1.807) is 50.2 Å². The molecular weight excluding hydrogens is 322 g/mol. The van der Waals surface area contributed by atoms with Crippen LogP contribution in [0.3, 0.4) is 0 Å². The predicted octanol–water partition coefficient (Wildman–Crippen LogP) is 2.03. The van der Waals surface area contributed by atoms with Gasteiger partial charge in [0.05, 0.1) is 6.61 Å². The molecule has 0 saturated heterocycles. The fourth-order valence-corrected chi connectivity index (χ4v) is 2.53. The van der Waals surface area contributed by atoms with Gasteiger partial charge < -0.3 is 10.2 Å². The number of aliphatic hydroxyl groups excluding tert-OH is 1. The predicted molar refractivity (Wildman–Crippen MR) is 91.4 cm³/mol. The Hall–Kier alpha value is -2.99. The molecule has 1 unspecified atom stereocenters. The Bertz CT molecular complexity index is 757. The molecule has 0 aliphatic rings. The van der Waals surface area contributed by atoms with Crippen LogP contribution in [0.15, 0.2) is 48.5 Å². The monoisotopic (exact) mass is 341 g/mol. The lowest BCUT2D eigenvalue weighted by Gasteiger charge is -2.27. The zero-order valence-electron chi connectivity index (χ0n) is 14.0. The number of imide groups is 1. The highest BCUT2D eigenvalue weighted by atomic mass is 16.4. The van der Waals surface area contributed by atoms with E-state index in [0.29, 0.717) is 16.0 Å². The molecule has 2 N–H and O–H groups in total. The van der Waals surface area contributed by atoms with Crippen LogP contribution in [-0.2, 0) is 4.79 Å². The van der Waals surface area contributed by atoms with Gasteiger partial charge in [-0.25, -0.2) is 4.79 Å². The van der Waals surface area contributed by atoms with Crippen molar-refractivity contribution in [1.82, 2.24) is 4.90 Å². The van der Waals surface area contributed by atoms with Crippen LogP contribution in [-0.4, -0.2) is 45.5 Å². The maximum absolute atomic E-state index is 12.9. The molecule has 0 heterocycles. The first-order valence-electron chi connectivity index (χ1n) is 7.71. The Kier molecular flexibility index (Phi) is 5.67. The molecular formula is C19H19NO5. The van der Waals surface area contributed by atoms with Gasteiger partial charge in [-0.3, -0.25) is 14.5 Å². The van der Waals surface area contributed by atoms with E-state index in [1.165, 1.54) is 12.1 Å². The van der Waals surface area contributed by atoms with Gasteiger partial charge in [0.25, 0.3) is 11.8 Å². The van der Waals surface area contributed by atoms with E-state index in [9.17, 15) is 24.6 Å². The summed E-state index contributed by atoms with van der Waals surface area (Å²) in [5, 5.41) is 18.8. The van der Waals surface area contributed by atoms with Crippen LogP contribution in [0.25, 0.3) is 0 Å². The first kappa shape index (κ1) is 18.4. The molecule has 0 saturated carbocycles. The van der Waals surface area contributed by atoms with Gasteiger partial charge in [0, 0.05) is 11.1 Å². The van der Waals surface area contributed by atoms with Crippen molar-refractivity contribution in [2.45, 2.75) is 19.9 Å². The van der Waals surface area contributed by atoms with Gasteiger partial charge in [0.15, 0.2) is 6.04 Å². The summed E-state index contributed by atoms with van der Waals surface area (Å²) in [6.07, 6.45) is 0. The average Bonchev–Trinajstić information content (AvgIpc) is 2.59. The minimum atomic E-state index is -1.67. The van der Waals surface area contributed by atoms with Gasteiger partial charge in [-0.05, 0) is 37.1 Å². The van der Waals surface area contributed by atoms with Gasteiger partial charge in [0.1, 0.15) is 0 Å². The molecule has 130 valence electrons. The van der Waals surface area contributed by atoms with E-state index < -0.39 is 30.4 Å². The molecule has 2 amide bonds. The minimum Gasteiger partial charge on any atom is -0.480 e. The summed E-state index contributed by atoms with van der Waals surface area (Å²) in [6.45, 7) is 2.52. The normalized spacial score (nSPS) is 11.6. The number of aliphatic carboxylic acids is 1. The van der Waals surface area contributed by atoms with E-state index in [2.05, 4.69) is 0 Å². The zero-order chi connectivity index (χ0) is 18.6. The topological polar surface area (TPSA) is 94.9 Å². The molecule has 2 aromatic rings. The second kappa shape index (κ2) is 7.72. The summed E-state index contributed by atoms with van der Waals surface area (Å²) in [7, 11) is 0. The van der Waals surface area contributed by atoms with Crippen molar-refractivity contribution in [3.63, 3.8) is 0 Å². The molecule has 2 aromatic carbocycles. The van der Waals surface area contributed by atoms with Crippen LogP contribution >= 0.6 is 0 Å². The maximum atomic E-state index is 12.9. The smallest absolute Gasteiger partial charge is 0.329 e. The lowest BCUT2D eigenvalue weighted by atomic mass is 10.0. The summed E-state index contributed by atoms with van der Waals surface area (Å²) < 4.78 is 0. The largest absolute Gasteiger partial charge is 0.480 e. The van der Waals surface area contributed by atoms with E-state index in [-0.39, 0.29) is 11.1 Å². The number of carboxylic acid groups (broad SMARTS) is 1. The third kappa shape index (κ3) is 3.75. The fraction of sp³-hybridized carbons (Fsp3) is 0.211. The van der Waals surface area contributed by atoms with Crippen LogP contribution in [0, 0.1) is 13.8 Å². The number of nitrogens with zero attached hydrogens (tertiary/aromatic N) is 1. The number of hydrogen-bond donors (Lipinski definition) is 2. The van der Waals surface area contributed by atoms with Gasteiger partial charge in [-0.1, -0.05) is 36.4 Å². The van der Waals surface area contributed by atoms with Crippen molar-refractivity contribution >= 4 is 17.8 Å². The number of carbonyl (C=O) groups excluding carboxylic acids is 2. The summed E-state index contributed by atoms with van der Waals surface area (Å²) in [4.78, 5) is 38.0. The van der Waals surface area contributed by atoms with Gasteiger partial charge in [-0.15, -0.1) is 0 Å². The molecule has 6 heteroatoms. The molecule has 0 fully saturated rings. The molecule has 6 nitrogen and oxygen atoms in total. The highest BCUT2D eigenvalue weighted by Gasteiger charge is 2.36. The Labute approximate surface area is 145 Å². The number of carbonyl (C=O) groups is 3. The SMILES string of the molecule is Cc1ccccc1C(=O)N(C(=O)c1ccccc1C)C(CO)C(=O)O. The highest BCUT2D eigenvalue weighted by molar-refractivity contribution is 6.13. The summed E-state index contributed by atoms with van der Waals surface area (Å²) >= 11 is 0. The number of amides is 2. The number of aryl methyl sites for hydroxylation is 2. The molecule has 0 aromatic heterocycles. The van der Waals surface area contributed by atoms with Crippen LogP contribution < -0.4 is 0 Å². The standard InChI is InChI=1S/C19H19NO5/c1-12-7-3-5-9-14(12)17(22)20(16(11-21)19(24)25)18(23)15-10-6-4-8-13(15)2/h3-10,16,21H,11H2,1-2H3,(H,24,25). The molecule has 2 rings (SSSR count). The Morgan fingerprint density at radius 1 is 0.880 bits per heavy atom. The maximum Gasteiger partial charge on any atom is 0.329 e. The molecule has 1 atom stereocenters. The van der Waals surface area contributed by atoms with Gasteiger partial charge in [-0.2, -0.15) is 0 Å². The molecule has 0 aliphatic carbocycles. The summed E-state index contributed by atoms with van der Waals surface area (Å²) in [5.74, 6) is -2.97. The summed E-state index contributed by atoms with van der Waals surface area (Å²) in [5.41, 5.74) is 1.64. The first-order chi connectivity index (χ1) is 11.9. The third-order valence-electron chi connectivity index (χ3n) is 3.96. The number of hydrogen-bond acceptors (Lipinski definition) is 4. The van der Waals surface area contributed by atoms with Crippen molar-refractivity contribution in [2.75, 3.05) is 6.61 Å². The fourth-order valence-electron chi connectivity index (χ4n) is 2.53. The molecule has 0 aliphatic heterocycles. The number of aliphatic hydroxyl groups is 1. The third-order valence-corrected chi connectivity index (χ3v) is 3.96. The molecule has 25 heavy (non-hydrogen) atoms. The van der Waals surface area contributed by atoms with E-state index in [1.807, 2.05) is 0 Å². The lowest BCUT2D eigenvalue weighted by molar-refractivity contribution is -0.142. The van der Waals surface area contributed by atoms with Crippen molar-refractivity contribution < 1.29 is 24.6 Å². The van der Waals surface area contributed by atoms with Crippen molar-refractivity contribution in [3.8, 4) is 0 Å². The van der Waals surface area contributed by atoms with Crippen LogP contribution in [0.5, 0.6) is 0 Å². The van der Waals surface area contributed by atoms with Crippen LogP contribution in [0.4, 0.5) is 0 Å². The second-order valence-electron chi connectivity index (χ2n) is 5.65. The van der Waals surface area contributed by atoms with Crippen molar-refractivity contribution in [1.29, 1.82) is 0 Å². The average molecular weight is 341 g/mol. The number of rotatable bonds is 5. The first-order valence-corrected chi connectivity index (χ1v) is 7.71. The Morgan fingerprint density at radius 2 is 1.28 bits per heavy atom. The minimum absolute atomic E-state index is 0.212. The number of benzene rings is 2. The van der Waals surface area contributed by atoms with Crippen LogP contribution in [0.2, 0.25) is 0 Å². The molecule has 0 spiro atoms. The molecule has 0 bridgehead atoms. The Balaban J connectivity index is 2.56. The molecule has 0 radical (unpaired) electrons. The van der Waals surface area contributed by atoms with Crippen molar-refractivity contribution in [2.24, 2.45) is 0 Å². The van der Waals surface area contributed by atoms with Gasteiger partial charge >= 0.3 is 5.97 Å². The second-order valence-corrected chi connectivity index (χ2v) is 5.65. The van der Waals surface area contributed by atoms with E-state index >= 15 is 0 Å². The quantitative estimate of drug-likeness (QED) is 0.812. The summed E-state index contributed by atoms with van der Waals surface area (Å²) in [6, 6.07) is 11.5. The lowest BCUT2D eigenvalue weighted by Crippen LogP contribution is -2.51.